The number of nitrogen functional groups attached to an aromatic ring is 1. The highest BCUT2D eigenvalue weighted by molar-refractivity contribution is 6.11. The zero-order chi connectivity index (χ0) is 24.1. The highest BCUT2D eigenvalue weighted by Crippen LogP contribution is 2.28. The number of nitrogens with two attached hydrogens (primary N) is 1. The molecule has 2 aromatic carbocycles. The van der Waals surface area contributed by atoms with Crippen LogP contribution in [0.2, 0.25) is 0 Å². The Morgan fingerprint density at radius 3 is 2.42 bits per heavy atom. The number of amides is 3. The second-order valence-corrected chi connectivity index (χ2v) is 7.41. The standard InChI is InChI=1S/C23H25N5O5/c1-3-33-20(30)10-11-28-13-19(29)27(2)18-9-8-16(12-17(18)23(28)32)26-22(31)15-6-4-14(5-7-15)21(24)25/h4-9,12H,3,10-11,13H2,1-2H3,(H3,24,25)(H,26,31). The highest BCUT2D eigenvalue weighted by Gasteiger charge is 2.30. The molecular weight excluding hydrogens is 426 g/mol. The van der Waals surface area contributed by atoms with Gasteiger partial charge in [0.05, 0.1) is 24.3 Å². The zero-order valence-electron chi connectivity index (χ0n) is 18.4. The van der Waals surface area contributed by atoms with Crippen LogP contribution >= 0.6 is 0 Å². The number of anilines is 2. The number of benzene rings is 2. The van der Waals surface area contributed by atoms with Gasteiger partial charge in [-0.25, -0.2) is 0 Å². The summed E-state index contributed by atoms with van der Waals surface area (Å²) < 4.78 is 4.90. The Morgan fingerprint density at radius 2 is 1.79 bits per heavy atom. The third-order valence-corrected chi connectivity index (χ3v) is 5.18. The summed E-state index contributed by atoms with van der Waals surface area (Å²) in [6, 6.07) is 10.9. The predicted octanol–water partition coefficient (Wildman–Crippen LogP) is 1.59. The van der Waals surface area contributed by atoms with E-state index in [1.807, 2.05) is 0 Å². The first-order valence-electron chi connectivity index (χ1n) is 10.3. The summed E-state index contributed by atoms with van der Waals surface area (Å²) in [5, 5.41) is 10.2. The highest BCUT2D eigenvalue weighted by atomic mass is 16.5. The SMILES string of the molecule is CCOC(=O)CCN1CC(=O)N(C)c2ccc(NC(=O)c3ccc(C(=N)N)cc3)cc2C1=O. The van der Waals surface area contributed by atoms with Crippen molar-refractivity contribution in [1.29, 1.82) is 5.41 Å². The van der Waals surface area contributed by atoms with Crippen LogP contribution in [0.5, 0.6) is 0 Å². The molecular formula is C23H25N5O5. The van der Waals surface area contributed by atoms with Crippen molar-refractivity contribution in [2.24, 2.45) is 5.73 Å². The third-order valence-electron chi connectivity index (χ3n) is 5.18. The predicted molar refractivity (Wildman–Crippen MR) is 122 cm³/mol. The monoisotopic (exact) mass is 451 g/mol. The van der Waals surface area contributed by atoms with Gasteiger partial charge in [0.2, 0.25) is 5.91 Å². The molecule has 0 atom stereocenters. The van der Waals surface area contributed by atoms with Crippen molar-refractivity contribution in [1.82, 2.24) is 4.90 Å². The Balaban J connectivity index is 1.82. The summed E-state index contributed by atoms with van der Waals surface area (Å²) in [6.07, 6.45) is -0.0292. The maximum absolute atomic E-state index is 13.2. The maximum Gasteiger partial charge on any atom is 0.307 e. The molecule has 0 saturated heterocycles. The van der Waals surface area contributed by atoms with Gasteiger partial charge in [-0.3, -0.25) is 24.6 Å². The van der Waals surface area contributed by atoms with Gasteiger partial charge in [-0.15, -0.1) is 0 Å². The Morgan fingerprint density at radius 1 is 1.12 bits per heavy atom. The zero-order valence-corrected chi connectivity index (χ0v) is 18.4. The van der Waals surface area contributed by atoms with Crippen LogP contribution in [0.3, 0.4) is 0 Å². The number of fused-ring (bicyclic) bond motifs is 1. The number of hydrogen-bond acceptors (Lipinski definition) is 6. The van der Waals surface area contributed by atoms with Crippen LogP contribution < -0.4 is 16.0 Å². The summed E-state index contributed by atoms with van der Waals surface area (Å²) >= 11 is 0. The topological polar surface area (TPSA) is 146 Å². The molecule has 1 aliphatic rings. The van der Waals surface area contributed by atoms with E-state index in [1.165, 1.54) is 15.9 Å². The lowest BCUT2D eigenvalue weighted by atomic mass is 10.1. The minimum absolute atomic E-state index is 0.0292. The fourth-order valence-electron chi connectivity index (χ4n) is 3.37. The molecule has 0 aromatic heterocycles. The number of carbonyl (C=O) groups excluding carboxylic acids is 4. The number of nitrogens with one attached hydrogen (secondary N) is 2. The van der Waals surface area contributed by atoms with Crippen LogP contribution in [0.15, 0.2) is 42.5 Å². The fraction of sp³-hybridized carbons (Fsp3) is 0.261. The van der Waals surface area contributed by atoms with Crippen molar-refractivity contribution < 1.29 is 23.9 Å². The van der Waals surface area contributed by atoms with Crippen molar-refractivity contribution in [2.75, 3.05) is 37.0 Å². The minimum Gasteiger partial charge on any atom is -0.466 e. The van der Waals surface area contributed by atoms with Crippen LogP contribution in [0.1, 0.15) is 39.6 Å². The summed E-state index contributed by atoms with van der Waals surface area (Å²) in [6.45, 7) is 1.79. The lowest BCUT2D eigenvalue weighted by molar-refractivity contribution is -0.143. The third kappa shape index (κ3) is 5.35. The Bertz CT molecular complexity index is 1110. The smallest absolute Gasteiger partial charge is 0.307 e. The molecule has 10 nitrogen and oxygen atoms in total. The van der Waals surface area contributed by atoms with Crippen LogP contribution in [0, 0.1) is 5.41 Å². The summed E-state index contributed by atoms with van der Waals surface area (Å²) in [5.74, 6) is -1.68. The molecule has 0 spiro atoms. The lowest BCUT2D eigenvalue weighted by Gasteiger charge is -2.19. The number of nitrogens with zero attached hydrogens (tertiary/aromatic N) is 2. The average molecular weight is 451 g/mol. The number of ether oxygens (including phenoxy) is 1. The van der Waals surface area contributed by atoms with E-state index in [9.17, 15) is 19.2 Å². The first kappa shape index (κ1) is 23.5. The molecule has 3 rings (SSSR count). The van der Waals surface area contributed by atoms with E-state index in [0.29, 0.717) is 22.5 Å². The van der Waals surface area contributed by atoms with Crippen LogP contribution in [0.4, 0.5) is 11.4 Å². The first-order valence-corrected chi connectivity index (χ1v) is 10.3. The maximum atomic E-state index is 13.2. The van der Waals surface area contributed by atoms with Crippen molar-refractivity contribution in [3.63, 3.8) is 0 Å². The van der Waals surface area contributed by atoms with E-state index in [4.69, 9.17) is 15.9 Å². The molecule has 1 aliphatic heterocycles. The first-order chi connectivity index (χ1) is 15.7. The minimum atomic E-state index is -0.452. The van der Waals surface area contributed by atoms with E-state index in [2.05, 4.69) is 5.32 Å². The number of likely N-dealkylation sites (N-methyl/N-ethyl adjacent to an activating group) is 1. The summed E-state index contributed by atoms with van der Waals surface area (Å²) in [4.78, 5) is 52.7. The molecule has 1 heterocycles. The molecule has 0 unspecified atom stereocenters. The van der Waals surface area contributed by atoms with Crippen LogP contribution in [0.25, 0.3) is 0 Å². The number of esters is 1. The van der Waals surface area contributed by atoms with Crippen LogP contribution in [-0.4, -0.2) is 61.2 Å². The van der Waals surface area contributed by atoms with Crippen molar-refractivity contribution in [2.45, 2.75) is 13.3 Å². The number of rotatable bonds is 7. The molecule has 0 bridgehead atoms. The van der Waals surface area contributed by atoms with Gasteiger partial charge >= 0.3 is 5.97 Å². The van der Waals surface area contributed by atoms with E-state index in [1.54, 1.807) is 50.4 Å². The molecule has 2 aromatic rings. The van der Waals surface area contributed by atoms with Gasteiger partial charge in [0, 0.05) is 30.4 Å². The van der Waals surface area contributed by atoms with Gasteiger partial charge in [-0.1, -0.05) is 12.1 Å². The molecule has 0 aliphatic carbocycles. The largest absolute Gasteiger partial charge is 0.466 e. The number of amidine groups is 1. The second kappa shape index (κ2) is 9.94. The molecule has 4 N–H and O–H groups in total. The van der Waals surface area contributed by atoms with Crippen molar-refractivity contribution in [3.05, 3.63) is 59.2 Å². The van der Waals surface area contributed by atoms with E-state index >= 15 is 0 Å². The van der Waals surface area contributed by atoms with E-state index in [-0.39, 0.29) is 43.4 Å². The second-order valence-electron chi connectivity index (χ2n) is 7.41. The molecule has 33 heavy (non-hydrogen) atoms. The molecule has 0 saturated carbocycles. The van der Waals surface area contributed by atoms with Gasteiger partial charge in [0.1, 0.15) is 12.4 Å². The summed E-state index contributed by atoms with van der Waals surface area (Å²) in [7, 11) is 1.57. The normalized spacial score (nSPS) is 13.3. The van der Waals surface area contributed by atoms with E-state index in [0.717, 1.165) is 0 Å². The van der Waals surface area contributed by atoms with E-state index < -0.39 is 17.8 Å². The Hall–Kier alpha value is -4.21. The van der Waals surface area contributed by atoms with Gasteiger partial charge in [-0.2, -0.15) is 0 Å². The van der Waals surface area contributed by atoms with Gasteiger partial charge in [-0.05, 0) is 37.3 Å². The number of carbonyl (C=O) groups is 4. The Kier molecular flexibility index (Phi) is 7.07. The summed E-state index contributed by atoms with van der Waals surface area (Å²) in [5.41, 5.74) is 7.30. The van der Waals surface area contributed by atoms with Crippen molar-refractivity contribution in [3.8, 4) is 0 Å². The average Bonchev–Trinajstić information content (AvgIpc) is 2.88. The molecule has 3 amide bonds. The molecule has 0 radical (unpaired) electrons. The van der Waals surface area contributed by atoms with Gasteiger partial charge < -0.3 is 25.6 Å². The van der Waals surface area contributed by atoms with Crippen LogP contribution in [-0.2, 0) is 14.3 Å². The number of hydrogen-bond donors (Lipinski definition) is 3. The molecule has 10 heteroatoms. The van der Waals surface area contributed by atoms with Crippen molar-refractivity contribution >= 4 is 40.9 Å². The Labute approximate surface area is 190 Å². The quantitative estimate of drug-likeness (QED) is 0.331. The lowest BCUT2D eigenvalue weighted by Crippen LogP contribution is -2.39. The van der Waals surface area contributed by atoms with Gasteiger partial charge in [0.15, 0.2) is 0 Å². The van der Waals surface area contributed by atoms with Gasteiger partial charge in [0.25, 0.3) is 11.8 Å². The fourth-order valence-corrected chi connectivity index (χ4v) is 3.37. The molecule has 172 valence electrons. The molecule has 0 fully saturated rings.